The van der Waals surface area contributed by atoms with Gasteiger partial charge in [0.1, 0.15) is 18.0 Å². The van der Waals surface area contributed by atoms with Gasteiger partial charge < -0.3 is 10.1 Å². The number of sulfonamides is 1. The second-order valence-corrected chi connectivity index (χ2v) is 7.29. The summed E-state index contributed by atoms with van der Waals surface area (Å²) in [4.78, 5) is 26.5. The minimum absolute atomic E-state index is 0.0442. The lowest BCUT2D eigenvalue weighted by Crippen LogP contribution is -2.30. The predicted octanol–water partition coefficient (Wildman–Crippen LogP) is -0.143. The van der Waals surface area contributed by atoms with Crippen LogP contribution in [0.5, 0.6) is 0 Å². The number of hydrogen-bond donors (Lipinski definition) is 2. The first-order valence-corrected chi connectivity index (χ1v) is 8.98. The number of carbonyl (C=O) groups is 2. The quantitative estimate of drug-likeness (QED) is 0.645. The molecule has 0 aromatic carbocycles. The van der Waals surface area contributed by atoms with Crippen molar-refractivity contribution in [1.82, 2.24) is 19.5 Å². The van der Waals surface area contributed by atoms with Crippen molar-refractivity contribution in [3.8, 4) is 0 Å². The van der Waals surface area contributed by atoms with Crippen LogP contribution in [0.2, 0.25) is 0 Å². The number of amides is 1. The monoisotopic (exact) mass is 373 g/mol. The van der Waals surface area contributed by atoms with Crippen molar-refractivity contribution >= 4 is 38.4 Å². The molecule has 2 heterocycles. The lowest BCUT2D eigenvalue weighted by molar-refractivity contribution is -0.143. The van der Waals surface area contributed by atoms with Gasteiger partial charge in [-0.25, -0.2) is 13.4 Å². The van der Waals surface area contributed by atoms with Crippen LogP contribution in [0.3, 0.4) is 0 Å². The molecule has 10 nitrogen and oxygen atoms in total. The highest BCUT2D eigenvalue weighted by molar-refractivity contribution is 7.89. The summed E-state index contributed by atoms with van der Waals surface area (Å²) in [6.07, 6.45) is 2.49. The van der Waals surface area contributed by atoms with E-state index >= 15 is 0 Å². The van der Waals surface area contributed by atoms with Crippen molar-refractivity contribution < 1.29 is 22.7 Å². The lowest BCUT2D eigenvalue weighted by atomic mass is 10.5. The van der Waals surface area contributed by atoms with E-state index in [0.717, 1.165) is 0 Å². The van der Waals surface area contributed by atoms with Gasteiger partial charge in [-0.3, -0.25) is 14.3 Å². The number of aromatic nitrogens is 3. The van der Waals surface area contributed by atoms with Crippen molar-refractivity contribution in [3.05, 3.63) is 23.5 Å². The zero-order chi connectivity index (χ0) is 17.7. The molecule has 0 saturated carbocycles. The predicted molar refractivity (Wildman–Crippen MR) is 84.6 cm³/mol. The molecule has 0 aliphatic rings. The van der Waals surface area contributed by atoms with Gasteiger partial charge in [0, 0.05) is 25.5 Å². The number of carbonyl (C=O) groups excluding carboxylic acids is 2. The number of esters is 1. The fourth-order valence-corrected chi connectivity index (χ4v) is 3.25. The van der Waals surface area contributed by atoms with E-state index in [4.69, 9.17) is 4.74 Å². The number of rotatable bonds is 7. The van der Waals surface area contributed by atoms with E-state index in [2.05, 4.69) is 20.1 Å². The summed E-state index contributed by atoms with van der Waals surface area (Å²) in [5, 5.41) is 8.28. The zero-order valence-electron chi connectivity index (χ0n) is 12.8. The summed E-state index contributed by atoms with van der Waals surface area (Å²) in [5.74, 6) is -1.01. The van der Waals surface area contributed by atoms with Gasteiger partial charge in [0.25, 0.3) is 0 Å². The molecule has 0 atom stereocenters. The van der Waals surface area contributed by atoms with E-state index in [1.54, 1.807) is 12.4 Å². The number of nitrogens with one attached hydrogen (secondary N) is 2. The van der Waals surface area contributed by atoms with Gasteiger partial charge in [-0.1, -0.05) is 0 Å². The second-order valence-electron chi connectivity index (χ2n) is 4.66. The molecule has 1 amide bonds. The van der Waals surface area contributed by atoms with E-state index in [9.17, 15) is 18.0 Å². The van der Waals surface area contributed by atoms with Crippen LogP contribution in [-0.2, 0) is 38.0 Å². The Morgan fingerprint density at radius 2 is 2.17 bits per heavy atom. The number of aryl methyl sites for hydroxylation is 1. The molecule has 2 aromatic rings. The summed E-state index contributed by atoms with van der Waals surface area (Å²) in [5.41, 5.74) is 0.451. The molecular weight excluding hydrogens is 358 g/mol. The maximum atomic E-state index is 11.9. The molecule has 0 saturated heterocycles. The van der Waals surface area contributed by atoms with Crippen LogP contribution in [-0.4, -0.2) is 41.6 Å². The van der Waals surface area contributed by atoms with Gasteiger partial charge >= 0.3 is 5.97 Å². The molecule has 0 radical (unpaired) electrons. The first-order chi connectivity index (χ1) is 11.3. The molecule has 24 heavy (non-hydrogen) atoms. The Hall–Kier alpha value is -2.31. The van der Waals surface area contributed by atoms with Gasteiger partial charge in [-0.2, -0.15) is 9.82 Å². The summed E-state index contributed by atoms with van der Waals surface area (Å²) < 4.78 is 32.2. The van der Waals surface area contributed by atoms with Gasteiger partial charge in [0.15, 0.2) is 5.13 Å². The number of hydrogen-bond acceptors (Lipinski definition) is 8. The molecule has 130 valence electrons. The van der Waals surface area contributed by atoms with Gasteiger partial charge in [0.05, 0.1) is 11.9 Å². The molecule has 0 fully saturated rings. The Morgan fingerprint density at radius 3 is 2.79 bits per heavy atom. The molecule has 0 aliphatic heterocycles. The van der Waals surface area contributed by atoms with Crippen LogP contribution >= 0.6 is 11.3 Å². The normalized spacial score (nSPS) is 11.2. The van der Waals surface area contributed by atoms with E-state index in [1.165, 1.54) is 35.3 Å². The topological polar surface area (TPSA) is 132 Å². The van der Waals surface area contributed by atoms with Crippen LogP contribution in [0.15, 0.2) is 22.7 Å². The number of nitrogens with zero attached hydrogens (tertiary/aromatic N) is 3. The van der Waals surface area contributed by atoms with Crippen LogP contribution < -0.4 is 10.0 Å². The summed E-state index contributed by atoms with van der Waals surface area (Å²) in [6, 6.07) is 0. The fourth-order valence-electron chi connectivity index (χ4n) is 1.56. The maximum absolute atomic E-state index is 11.9. The average molecular weight is 373 g/mol. The van der Waals surface area contributed by atoms with Crippen LogP contribution in [0.25, 0.3) is 0 Å². The summed E-state index contributed by atoms with van der Waals surface area (Å²) >= 11 is 1.19. The molecule has 0 spiro atoms. The molecule has 12 heteroatoms. The van der Waals surface area contributed by atoms with Crippen molar-refractivity contribution in [2.75, 3.05) is 11.9 Å². The zero-order valence-corrected chi connectivity index (χ0v) is 14.5. The van der Waals surface area contributed by atoms with Crippen molar-refractivity contribution in [2.45, 2.75) is 18.4 Å². The van der Waals surface area contributed by atoms with Crippen LogP contribution in [0.4, 0.5) is 5.13 Å². The molecule has 0 unspecified atom stereocenters. The largest absolute Gasteiger partial charge is 0.458 e. The minimum Gasteiger partial charge on any atom is -0.458 e. The third-order valence-electron chi connectivity index (χ3n) is 2.61. The molecular formula is C12H15N5O5S2. The van der Waals surface area contributed by atoms with E-state index in [1.807, 2.05) is 0 Å². The van der Waals surface area contributed by atoms with E-state index < -0.39 is 22.5 Å². The van der Waals surface area contributed by atoms with E-state index in [0.29, 0.717) is 10.8 Å². The standard InChI is InChI=1S/C12H15N5O5S2/c1-8(18)15-12-16-9(7-23-12)6-22-11(19)4-14-24(20,21)10-3-13-17(2)5-10/h3,5,7,14H,4,6H2,1-2H3,(H,15,16,18). The van der Waals surface area contributed by atoms with Crippen molar-refractivity contribution in [3.63, 3.8) is 0 Å². The highest BCUT2D eigenvalue weighted by atomic mass is 32.2. The highest BCUT2D eigenvalue weighted by Gasteiger charge is 2.18. The lowest BCUT2D eigenvalue weighted by Gasteiger charge is -2.05. The molecule has 2 aromatic heterocycles. The number of anilines is 1. The molecule has 0 aliphatic carbocycles. The van der Waals surface area contributed by atoms with Gasteiger partial charge in [-0.15, -0.1) is 11.3 Å². The number of ether oxygens (including phenoxy) is 1. The number of thiazole rings is 1. The first kappa shape index (κ1) is 18.0. The molecule has 2 N–H and O–H groups in total. The third kappa shape index (κ3) is 5.11. The first-order valence-electron chi connectivity index (χ1n) is 6.62. The Kier molecular flexibility index (Phi) is 5.64. The van der Waals surface area contributed by atoms with Crippen LogP contribution in [0, 0.1) is 0 Å². The fraction of sp³-hybridized carbons (Fsp3) is 0.333. The Labute approximate surface area is 141 Å². The minimum atomic E-state index is -3.82. The van der Waals surface area contributed by atoms with Gasteiger partial charge in [0.2, 0.25) is 15.9 Å². The smallest absolute Gasteiger partial charge is 0.321 e. The molecule has 2 rings (SSSR count). The van der Waals surface area contributed by atoms with Crippen molar-refractivity contribution in [1.29, 1.82) is 0 Å². The Bertz CT molecular complexity index is 842. The Balaban J connectivity index is 1.81. The van der Waals surface area contributed by atoms with Crippen molar-refractivity contribution in [2.24, 2.45) is 7.05 Å². The second kappa shape index (κ2) is 7.51. The Morgan fingerprint density at radius 1 is 1.42 bits per heavy atom. The third-order valence-corrected chi connectivity index (χ3v) is 4.78. The average Bonchev–Trinajstić information content (AvgIpc) is 3.12. The van der Waals surface area contributed by atoms with Gasteiger partial charge in [-0.05, 0) is 0 Å². The summed E-state index contributed by atoms with van der Waals surface area (Å²) in [7, 11) is -2.24. The summed E-state index contributed by atoms with van der Waals surface area (Å²) in [6.45, 7) is 0.721. The molecule has 0 bridgehead atoms. The maximum Gasteiger partial charge on any atom is 0.321 e. The van der Waals surface area contributed by atoms with E-state index in [-0.39, 0.29) is 17.4 Å². The highest BCUT2D eigenvalue weighted by Crippen LogP contribution is 2.15. The SMILES string of the molecule is CC(=O)Nc1nc(COC(=O)CNS(=O)(=O)c2cnn(C)c2)cs1. The van der Waals surface area contributed by atoms with Crippen LogP contribution in [0.1, 0.15) is 12.6 Å².